The average molecular weight is 334 g/mol. The molecule has 2 heterocycles. The molecule has 2 amide bonds. The normalized spacial score (nSPS) is 32.3. The van der Waals surface area contributed by atoms with Gasteiger partial charge in [-0.1, -0.05) is 13.0 Å². The molecule has 0 aliphatic carbocycles. The lowest BCUT2D eigenvalue weighted by Crippen LogP contribution is -2.50. The van der Waals surface area contributed by atoms with E-state index in [1.807, 2.05) is 17.9 Å². The molecule has 24 heavy (non-hydrogen) atoms. The van der Waals surface area contributed by atoms with Crippen molar-refractivity contribution in [3.8, 4) is 0 Å². The second-order valence-corrected chi connectivity index (χ2v) is 7.15. The zero-order valence-electron chi connectivity index (χ0n) is 15.5. The number of piperidine rings is 1. The Bertz CT molecular complexity index is 541. The standard InChI is InChI=1S/C18H30N4O2/c1-13-11-22(10-8-16(13)20(3)4)18(24)15-7-6-9-19-14(2)17(23)21(5)12-15/h6,9,12-14,16,19H,7-8,10-11H2,1-5H3/b9-6-,15-12+. The summed E-state index contributed by atoms with van der Waals surface area (Å²) >= 11 is 0. The fourth-order valence-corrected chi connectivity index (χ4v) is 3.56. The number of rotatable bonds is 2. The first-order valence-corrected chi connectivity index (χ1v) is 8.65. The molecule has 0 radical (unpaired) electrons. The number of carbonyl (C=O) groups excluding carboxylic acids is 2. The van der Waals surface area contributed by atoms with Crippen molar-refractivity contribution >= 4 is 11.8 Å². The molecule has 2 aliphatic heterocycles. The van der Waals surface area contributed by atoms with E-state index in [-0.39, 0.29) is 17.9 Å². The summed E-state index contributed by atoms with van der Waals surface area (Å²) in [6, 6.07) is 0.213. The Morgan fingerprint density at radius 2 is 2.04 bits per heavy atom. The van der Waals surface area contributed by atoms with E-state index in [4.69, 9.17) is 0 Å². The van der Waals surface area contributed by atoms with Crippen molar-refractivity contribution in [2.45, 2.75) is 38.8 Å². The number of hydrogen-bond donors (Lipinski definition) is 1. The van der Waals surface area contributed by atoms with Crippen LogP contribution in [-0.4, -0.2) is 72.8 Å². The third kappa shape index (κ3) is 4.17. The largest absolute Gasteiger partial charge is 0.380 e. The maximum atomic E-state index is 12.9. The highest BCUT2D eigenvalue weighted by atomic mass is 16.2. The number of carbonyl (C=O) groups is 2. The molecule has 1 N–H and O–H groups in total. The minimum atomic E-state index is -0.298. The second-order valence-electron chi connectivity index (χ2n) is 7.15. The fraction of sp³-hybridized carbons (Fsp3) is 0.667. The van der Waals surface area contributed by atoms with Crippen LogP contribution in [0.15, 0.2) is 24.0 Å². The predicted molar refractivity (Wildman–Crippen MR) is 95.0 cm³/mol. The van der Waals surface area contributed by atoms with Crippen LogP contribution in [0.2, 0.25) is 0 Å². The van der Waals surface area contributed by atoms with Gasteiger partial charge in [0.15, 0.2) is 0 Å². The van der Waals surface area contributed by atoms with Crippen molar-refractivity contribution < 1.29 is 9.59 Å². The topological polar surface area (TPSA) is 55.9 Å². The molecular formula is C18H30N4O2. The predicted octanol–water partition coefficient (Wildman–Crippen LogP) is 1.02. The van der Waals surface area contributed by atoms with Gasteiger partial charge < -0.3 is 20.0 Å². The van der Waals surface area contributed by atoms with Crippen LogP contribution in [-0.2, 0) is 9.59 Å². The molecule has 6 nitrogen and oxygen atoms in total. The fourth-order valence-electron chi connectivity index (χ4n) is 3.56. The molecule has 6 heteroatoms. The number of likely N-dealkylation sites (tertiary alicyclic amines) is 1. The van der Waals surface area contributed by atoms with Gasteiger partial charge in [-0.05, 0) is 46.0 Å². The number of allylic oxidation sites excluding steroid dienone is 1. The molecule has 0 aromatic heterocycles. The van der Waals surface area contributed by atoms with E-state index in [2.05, 4.69) is 31.2 Å². The zero-order chi connectivity index (χ0) is 17.9. The molecule has 2 rings (SSSR count). The zero-order valence-corrected chi connectivity index (χ0v) is 15.5. The van der Waals surface area contributed by atoms with Crippen molar-refractivity contribution in [1.82, 2.24) is 20.0 Å². The Balaban J connectivity index is 2.12. The maximum absolute atomic E-state index is 12.9. The number of nitrogens with zero attached hydrogens (tertiary/aromatic N) is 3. The average Bonchev–Trinajstić information content (AvgIpc) is 2.60. The van der Waals surface area contributed by atoms with Gasteiger partial charge in [-0.2, -0.15) is 0 Å². The molecule has 3 unspecified atom stereocenters. The van der Waals surface area contributed by atoms with Gasteiger partial charge >= 0.3 is 0 Å². The van der Waals surface area contributed by atoms with Crippen LogP contribution in [0.1, 0.15) is 26.7 Å². The number of amides is 2. The van der Waals surface area contributed by atoms with Gasteiger partial charge in [-0.15, -0.1) is 0 Å². The SMILES string of the molecule is CC1N/C=C\C/C(C(=O)N2CCC(N(C)C)C(C)C2)=C\N(C)C1=O. The van der Waals surface area contributed by atoms with Gasteiger partial charge in [0.2, 0.25) is 5.91 Å². The summed E-state index contributed by atoms with van der Waals surface area (Å²) in [5.74, 6) is 0.427. The lowest BCUT2D eigenvalue weighted by Gasteiger charge is -2.40. The molecule has 1 fully saturated rings. The van der Waals surface area contributed by atoms with Crippen LogP contribution in [0.25, 0.3) is 0 Å². The first-order valence-electron chi connectivity index (χ1n) is 8.65. The van der Waals surface area contributed by atoms with Crippen molar-refractivity contribution in [2.24, 2.45) is 5.92 Å². The first kappa shape index (κ1) is 18.5. The molecule has 0 aromatic carbocycles. The van der Waals surface area contributed by atoms with Crippen molar-refractivity contribution in [2.75, 3.05) is 34.2 Å². The van der Waals surface area contributed by atoms with Gasteiger partial charge in [-0.25, -0.2) is 0 Å². The van der Waals surface area contributed by atoms with E-state index in [0.29, 0.717) is 24.0 Å². The molecule has 3 atom stereocenters. The van der Waals surface area contributed by atoms with Crippen molar-refractivity contribution in [3.05, 3.63) is 24.0 Å². The van der Waals surface area contributed by atoms with Crippen LogP contribution in [0.3, 0.4) is 0 Å². The Morgan fingerprint density at radius 1 is 1.33 bits per heavy atom. The highest BCUT2D eigenvalue weighted by Crippen LogP contribution is 2.22. The lowest BCUT2D eigenvalue weighted by molar-refractivity contribution is -0.130. The Hall–Kier alpha value is -1.82. The highest BCUT2D eigenvalue weighted by Gasteiger charge is 2.31. The molecule has 2 aliphatic rings. The number of likely N-dealkylation sites (N-methyl/N-ethyl adjacent to an activating group) is 1. The Kier molecular flexibility index (Phi) is 6.04. The van der Waals surface area contributed by atoms with Crippen LogP contribution in [0.5, 0.6) is 0 Å². The van der Waals surface area contributed by atoms with Gasteiger partial charge in [0.05, 0.1) is 0 Å². The van der Waals surface area contributed by atoms with Crippen LogP contribution in [0, 0.1) is 5.92 Å². The van der Waals surface area contributed by atoms with E-state index in [1.165, 1.54) is 4.90 Å². The van der Waals surface area contributed by atoms with E-state index < -0.39 is 0 Å². The Morgan fingerprint density at radius 3 is 2.67 bits per heavy atom. The van der Waals surface area contributed by atoms with Crippen molar-refractivity contribution in [3.63, 3.8) is 0 Å². The summed E-state index contributed by atoms with van der Waals surface area (Å²) in [6.45, 7) is 5.54. The summed E-state index contributed by atoms with van der Waals surface area (Å²) in [7, 11) is 5.90. The summed E-state index contributed by atoms with van der Waals surface area (Å²) in [5.41, 5.74) is 0.661. The second kappa shape index (κ2) is 7.83. The molecule has 0 spiro atoms. The molecular weight excluding hydrogens is 304 g/mol. The first-order chi connectivity index (χ1) is 11.3. The van der Waals surface area contributed by atoms with E-state index in [0.717, 1.165) is 19.5 Å². The van der Waals surface area contributed by atoms with Crippen molar-refractivity contribution in [1.29, 1.82) is 0 Å². The van der Waals surface area contributed by atoms with Crippen LogP contribution in [0.4, 0.5) is 0 Å². The summed E-state index contributed by atoms with van der Waals surface area (Å²) in [6.07, 6.45) is 6.88. The van der Waals surface area contributed by atoms with E-state index in [9.17, 15) is 9.59 Å². The highest BCUT2D eigenvalue weighted by molar-refractivity contribution is 5.94. The smallest absolute Gasteiger partial charge is 0.251 e. The number of hydrogen-bond acceptors (Lipinski definition) is 4. The maximum Gasteiger partial charge on any atom is 0.251 e. The van der Waals surface area contributed by atoms with Crippen LogP contribution < -0.4 is 5.32 Å². The summed E-state index contributed by atoms with van der Waals surface area (Å²) in [5, 5.41) is 3.03. The Labute approximate surface area is 145 Å². The van der Waals surface area contributed by atoms with E-state index in [1.54, 1.807) is 19.4 Å². The quantitative estimate of drug-likeness (QED) is 0.819. The molecule has 0 bridgehead atoms. The minimum absolute atomic E-state index is 0.0397. The summed E-state index contributed by atoms with van der Waals surface area (Å²) < 4.78 is 0. The van der Waals surface area contributed by atoms with Gasteiger partial charge in [0.1, 0.15) is 6.04 Å². The third-order valence-electron chi connectivity index (χ3n) is 4.95. The minimum Gasteiger partial charge on any atom is -0.380 e. The third-order valence-corrected chi connectivity index (χ3v) is 4.95. The molecule has 0 aromatic rings. The number of nitrogens with one attached hydrogen (secondary N) is 1. The van der Waals surface area contributed by atoms with Gasteiger partial charge in [0, 0.05) is 38.0 Å². The molecule has 134 valence electrons. The van der Waals surface area contributed by atoms with E-state index >= 15 is 0 Å². The summed E-state index contributed by atoms with van der Waals surface area (Å²) in [4.78, 5) is 30.9. The molecule has 1 saturated heterocycles. The lowest BCUT2D eigenvalue weighted by atomic mass is 9.92. The molecule has 0 saturated carbocycles. The van der Waals surface area contributed by atoms with Gasteiger partial charge in [0.25, 0.3) is 5.91 Å². The van der Waals surface area contributed by atoms with Gasteiger partial charge in [-0.3, -0.25) is 9.59 Å². The van der Waals surface area contributed by atoms with Crippen LogP contribution >= 0.6 is 0 Å². The monoisotopic (exact) mass is 334 g/mol.